The van der Waals surface area contributed by atoms with E-state index in [-0.39, 0.29) is 0 Å². The molecule has 2 heterocycles. The minimum absolute atomic E-state index is 0.503. The fraction of sp³-hybridized carbons (Fsp3) is 0.0870. The van der Waals surface area contributed by atoms with E-state index in [2.05, 4.69) is 49.4 Å². The van der Waals surface area contributed by atoms with Crippen molar-refractivity contribution in [3.8, 4) is 0 Å². The van der Waals surface area contributed by atoms with Crippen LogP contribution < -0.4 is 16.0 Å². The second-order valence-corrected chi connectivity index (χ2v) is 6.65. The van der Waals surface area contributed by atoms with Gasteiger partial charge >= 0.3 is 0 Å². The lowest BCUT2D eigenvalue weighted by atomic mass is 10.1. The summed E-state index contributed by atoms with van der Waals surface area (Å²) < 4.78 is 0. The van der Waals surface area contributed by atoms with E-state index >= 15 is 0 Å². The van der Waals surface area contributed by atoms with Crippen molar-refractivity contribution >= 4 is 23.0 Å². The van der Waals surface area contributed by atoms with Gasteiger partial charge in [0, 0.05) is 19.3 Å². The van der Waals surface area contributed by atoms with Crippen LogP contribution in [0.25, 0.3) is 0 Å². The number of nitrogens with zero attached hydrogens (tertiary/aromatic N) is 4. The highest BCUT2D eigenvalue weighted by atomic mass is 15.2. The topological polar surface area (TPSA) is 80.0 Å². The monoisotopic (exact) mass is 382 g/mol. The maximum absolute atomic E-state index is 6.49. The van der Waals surface area contributed by atoms with Crippen molar-refractivity contribution in [2.24, 2.45) is 0 Å². The molecule has 0 aliphatic carbocycles. The highest BCUT2D eigenvalue weighted by molar-refractivity contribution is 5.78. The first-order valence-electron chi connectivity index (χ1n) is 9.40. The summed E-state index contributed by atoms with van der Waals surface area (Å²) in [5, 5.41) is 3.23. The Labute approximate surface area is 170 Å². The third kappa shape index (κ3) is 4.68. The van der Waals surface area contributed by atoms with Crippen LogP contribution in [-0.2, 0) is 13.1 Å². The van der Waals surface area contributed by atoms with Crippen molar-refractivity contribution in [2.45, 2.75) is 13.1 Å². The van der Waals surface area contributed by atoms with Gasteiger partial charge in [-0.15, -0.1) is 0 Å². The molecule has 6 heteroatoms. The Bertz CT molecular complexity index is 997. The summed E-state index contributed by atoms with van der Waals surface area (Å²) in [6.07, 6.45) is 4.99. The standard InChI is InChI=1S/C23H22N6/c24-21-22(28-20-12-7-13-25-14-20)26-17-27-23(21)29(15-18-8-3-1-4-9-18)16-19-10-5-2-6-11-19/h1-14,17H,15-16,24H2,(H,26,27,28). The Kier molecular flexibility index (Phi) is 5.62. The van der Waals surface area contributed by atoms with Crippen molar-refractivity contribution in [1.82, 2.24) is 15.0 Å². The number of benzene rings is 2. The molecule has 0 unspecified atom stereocenters. The summed E-state index contributed by atoms with van der Waals surface area (Å²) in [6, 6.07) is 24.4. The Morgan fingerprint density at radius 3 is 2.03 bits per heavy atom. The van der Waals surface area contributed by atoms with E-state index < -0.39 is 0 Å². The molecule has 0 aliphatic rings. The van der Waals surface area contributed by atoms with Gasteiger partial charge in [-0.3, -0.25) is 4.98 Å². The van der Waals surface area contributed by atoms with Crippen LogP contribution in [0, 0.1) is 0 Å². The molecule has 3 N–H and O–H groups in total. The molecule has 0 aliphatic heterocycles. The van der Waals surface area contributed by atoms with E-state index in [0.29, 0.717) is 30.4 Å². The third-order valence-corrected chi connectivity index (χ3v) is 4.52. The second kappa shape index (κ2) is 8.84. The smallest absolute Gasteiger partial charge is 0.159 e. The molecule has 4 aromatic rings. The summed E-state index contributed by atoms with van der Waals surface area (Å²) in [4.78, 5) is 15.1. The zero-order chi connectivity index (χ0) is 19.9. The number of pyridine rings is 1. The largest absolute Gasteiger partial charge is 0.393 e. The molecule has 29 heavy (non-hydrogen) atoms. The molecule has 0 saturated heterocycles. The van der Waals surface area contributed by atoms with Crippen LogP contribution in [0.4, 0.5) is 23.0 Å². The van der Waals surface area contributed by atoms with Gasteiger partial charge in [0.05, 0.1) is 11.9 Å². The Balaban J connectivity index is 1.67. The molecule has 4 rings (SSSR count). The molecule has 0 bridgehead atoms. The van der Waals surface area contributed by atoms with Crippen molar-refractivity contribution < 1.29 is 0 Å². The molecule has 0 saturated carbocycles. The van der Waals surface area contributed by atoms with E-state index in [4.69, 9.17) is 5.73 Å². The van der Waals surface area contributed by atoms with Gasteiger partial charge in [0.25, 0.3) is 0 Å². The van der Waals surface area contributed by atoms with Gasteiger partial charge < -0.3 is 16.0 Å². The van der Waals surface area contributed by atoms with Gasteiger partial charge in [0.1, 0.15) is 12.0 Å². The van der Waals surface area contributed by atoms with Gasteiger partial charge in [-0.2, -0.15) is 0 Å². The summed E-state index contributed by atoms with van der Waals surface area (Å²) in [7, 11) is 0. The summed E-state index contributed by atoms with van der Waals surface area (Å²) in [6.45, 7) is 1.37. The van der Waals surface area contributed by atoms with E-state index in [0.717, 1.165) is 5.69 Å². The van der Waals surface area contributed by atoms with E-state index in [1.54, 1.807) is 12.4 Å². The molecule has 0 amide bonds. The van der Waals surface area contributed by atoms with Gasteiger partial charge in [-0.25, -0.2) is 9.97 Å². The number of nitrogens with one attached hydrogen (secondary N) is 1. The SMILES string of the molecule is Nc1c(Nc2cccnc2)ncnc1N(Cc1ccccc1)Cc1ccccc1. The number of hydrogen-bond acceptors (Lipinski definition) is 6. The molecule has 0 radical (unpaired) electrons. The predicted octanol–water partition coefficient (Wildman–Crippen LogP) is 4.40. The summed E-state index contributed by atoms with van der Waals surface area (Å²) in [5.74, 6) is 1.26. The molecule has 6 nitrogen and oxygen atoms in total. The van der Waals surface area contributed by atoms with Crippen LogP contribution >= 0.6 is 0 Å². The average Bonchev–Trinajstić information content (AvgIpc) is 2.77. The first-order chi connectivity index (χ1) is 14.3. The van der Waals surface area contributed by atoms with Crippen LogP contribution in [0.15, 0.2) is 91.5 Å². The number of anilines is 4. The molecule has 2 aromatic carbocycles. The number of nitrogen functional groups attached to an aromatic ring is 1. The normalized spacial score (nSPS) is 10.5. The van der Waals surface area contributed by atoms with Crippen molar-refractivity contribution in [3.05, 3.63) is 103 Å². The highest BCUT2D eigenvalue weighted by Gasteiger charge is 2.16. The molecule has 144 valence electrons. The number of hydrogen-bond donors (Lipinski definition) is 2. The van der Waals surface area contributed by atoms with Crippen molar-refractivity contribution in [1.29, 1.82) is 0 Å². The minimum atomic E-state index is 0.503. The summed E-state index contributed by atoms with van der Waals surface area (Å²) in [5.41, 5.74) is 10.2. The van der Waals surface area contributed by atoms with Gasteiger partial charge in [0.2, 0.25) is 0 Å². The molecule has 0 atom stereocenters. The summed E-state index contributed by atoms with van der Waals surface area (Å²) >= 11 is 0. The minimum Gasteiger partial charge on any atom is -0.393 e. The fourth-order valence-corrected chi connectivity index (χ4v) is 3.12. The van der Waals surface area contributed by atoms with E-state index in [1.807, 2.05) is 48.5 Å². The van der Waals surface area contributed by atoms with Crippen molar-refractivity contribution in [2.75, 3.05) is 16.0 Å². The molecular formula is C23H22N6. The van der Waals surface area contributed by atoms with Crippen LogP contribution in [0.5, 0.6) is 0 Å². The molecule has 0 spiro atoms. The molecule has 0 fully saturated rings. The van der Waals surface area contributed by atoms with E-state index in [9.17, 15) is 0 Å². The van der Waals surface area contributed by atoms with Gasteiger partial charge in [-0.05, 0) is 23.3 Å². The second-order valence-electron chi connectivity index (χ2n) is 6.65. The maximum Gasteiger partial charge on any atom is 0.159 e. The quantitative estimate of drug-likeness (QED) is 0.493. The molecular weight excluding hydrogens is 360 g/mol. The first kappa shape index (κ1) is 18.4. The van der Waals surface area contributed by atoms with Crippen LogP contribution in [-0.4, -0.2) is 15.0 Å². The average molecular weight is 382 g/mol. The lowest BCUT2D eigenvalue weighted by Gasteiger charge is -2.26. The first-order valence-corrected chi connectivity index (χ1v) is 9.40. The lowest BCUT2D eigenvalue weighted by molar-refractivity contribution is 0.782. The van der Waals surface area contributed by atoms with E-state index in [1.165, 1.54) is 17.5 Å². The highest BCUT2D eigenvalue weighted by Crippen LogP contribution is 2.30. The predicted molar refractivity (Wildman–Crippen MR) is 117 cm³/mol. The Morgan fingerprint density at radius 1 is 0.793 bits per heavy atom. The number of nitrogens with two attached hydrogens (primary N) is 1. The van der Waals surface area contributed by atoms with Crippen molar-refractivity contribution in [3.63, 3.8) is 0 Å². The van der Waals surface area contributed by atoms with Crippen LogP contribution in [0.3, 0.4) is 0 Å². The van der Waals surface area contributed by atoms with Gasteiger partial charge in [-0.1, -0.05) is 60.7 Å². The number of rotatable bonds is 7. The van der Waals surface area contributed by atoms with Gasteiger partial charge in [0.15, 0.2) is 11.6 Å². The van der Waals surface area contributed by atoms with Crippen LogP contribution in [0.1, 0.15) is 11.1 Å². The maximum atomic E-state index is 6.49. The zero-order valence-electron chi connectivity index (χ0n) is 15.9. The fourth-order valence-electron chi connectivity index (χ4n) is 3.12. The zero-order valence-corrected chi connectivity index (χ0v) is 15.9. The third-order valence-electron chi connectivity index (χ3n) is 4.52. The van der Waals surface area contributed by atoms with Crippen LogP contribution in [0.2, 0.25) is 0 Å². The Hall–Kier alpha value is -3.93. The lowest BCUT2D eigenvalue weighted by Crippen LogP contribution is -2.24. The Morgan fingerprint density at radius 2 is 1.45 bits per heavy atom. The number of aromatic nitrogens is 3. The molecule has 2 aromatic heterocycles.